The lowest BCUT2D eigenvalue weighted by molar-refractivity contribution is 0.797. The number of aryl methyl sites for hydroxylation is 1. The molecule has 0 amide bonds. The van der Waals surface area contributed by atoms with Crippen molar-refractivity contribution in [2.75, 3.05) is 5.75 Å². The Morgan fingerprint density at radius 2 is 1.86 bits per heavy atom. The minimum absolute atomic E-state index is 0.484. The van der Waals surface area contributed by atoms with Crippen molar-refractivity contribution in [3.63, 3.8) is 0 Å². The van der Waals surface area contributed by atoms with Crippen molar-refractivity contribution in [2.45, 2.75) is 37.9 Å². The van der Waals surface area contributed by atoms with Crippen molar-refractivity contribution in [2.24, 2.45) is 5.92 Å². The second kappa shape index (κ2) is 11.5. The fourth-order valence-corrected chi connectivity index (χ4v) is 6.20. The van der Waals surface area contributed by atoms with E-state index in [1.54, 1.807) is 0 Å². The lowest BCUT2D eigenvalue weighted by Crippen LogP contribution is -2.01. The third-order valence-electron chi connectivity index (χ3n) is 6.79. The van der Waals surface area contributed by atoms with Crippen molar-refractivity contribution < 1.29 is 0 Å². The molecule has 0 bridgehead atoms. The number of thioether (sulfide) groups is 1. The molecular weight excluding hydrogens is 478 g/mol. The Kier molecular flexibility index (Phi) is 7.94. The van der Waals surface area contributed by atoms with Gasteiger partial charge in [0.15, 0.2) is 0 Å². The number of hydrogen-bond donors (Lipinski definition) is 0. The molecule has 1 heterocycles. The van der Waals surface area contributed by atoms with Gasteiger partial charge in [0.05, 0.1) is 11.2 Å². The first-order valence-corrected chi connectivity index (χ1v) is 14.2. The smallest absolute Gasteiger partial charge is 0.0724 e. The standard InChI is InChI=1S/C33H32ClNS/c1-23(2)31-9-4-3-7-26(31)15-19-33(36-22-25-10-11-25)28-8-5-6-24(20-28)12-17-30-18-14-27-13-16-29(34)21-32(27)35-30/h3-9,12-14,16-18,20-21,25,33H,1,10-11,15,19,22H2,2H3/t33-/m1/s1. The van der Waals surface area contributed by atoms with Gasteiger partial charge in [-0.2, -0.15) is 11.8 Å². The highest BCUT2D eigenvalue weighted by molar-refractivity contribution is 7.99. The monoisotopic (exact) mass is 509 g/mol. The van der Waals surface area contributed by atoms with Gasteiger partial charge in [0.1, 0.15) is 0 Å². The molecule has 0 N–H and O–H groups in total. The van der Waals surface area contributed by atoms with E-state index in [2.05, 4.69) is 98.1 Å². The van der Waals surface area contributed by atoms with Crippen LogP contribution in [0.1, 0.15) is 59.4 Å². The minimum Gasteiger partial charge on any atom is -0.248 e. The van der Waals surface area contributed by atoms with E-state index in [-0.39, 0.29) is 0 Å². The summed E-state index contributed by atoms with van der Waals surface area (Å²) in [5.74, 6) is 2.17. The predicted octanol–water partition coefficient (Wildman–Crippen LogP) is 9.91. The van der Waals surface area contributed by atoms with E-state index in [9.17, 15) is 0 Å². The average molecular weight is 510 g/mol. The summed E-state index contributed by atoms with van der Waals surface area (Å²) in [7, 11) is 0. The molecule has 0 radical (unpaired) electrons. The molecule has 3 heteroatoms. The highest BCUT2D eigenvalue weighted by Crippen LogP contribution is 2.41. The van der Waals surface area contributed by atoms with E-state index in [1.807, 2.05) is 18.2 Å². The Hall–Kier alpha value is -2.81. The zero-order chi connectivity index (χ0) is 24.9. The van der Waals surface area contributed by atoms with Gasteiger partial charge in [-0.3, -0.25) is 0 Å². The maximum atomic E-state index is 6.16. The zero-order valence-electron chi connectivity index (χ0n) is 20.8. The molecule has 1 aliphatic carbocycles. The number of rotatable bonds is 10. The van der Waals surface area contributed by atoms with Gasteiger partial charge in [0, 0.05) is 15.7 Å². The van der Waals surface area contributed by atoms with Crippen molar-refractivity contribution >= 4 is 52.0 Å². The van der Waals surface area contributed by atoms with Gasteiger partial charge >= 0.3 is 0 Å². The molecule has 0 saturated heterocycles. The number of aromatic nitrogens is 1. The van der Waals surface area contributed by atoms with E-state index in [0.717, 1.165) is 40.9 Å². The van der Waals surface area contributed by atoms with E-state index in [4.69, 9.17) is 16.6 Å². The van der Waals surface area contributed by atoms with Gasteiger partial charge in [-0.15, -0.1) is 0 Å². The summed E-state index contributed by atoms with van der Waals surface area (Å²) >= 11 is 8.30. The van der Waals surface area contributed by atoms with E-state index >= 15 is 0 Å². The molecule has 1 nitrogen and oxygen atoms in total. The largest absolute Gasteiger partial charge is 0.248 e. The first-order chi connectivity index (χ1) is 17.5. The molecule has 0 spiro atoms. The van der Waals surface area contributed by atoms with Crippen LogP contribution in [0.2, 0.25) is 5.02 Å². The van der Waals surface area contributed by atoms with Gasteiger partial charge in [-0.1, -0.05) is 90.5 Å². The third kappa shape index (κ3) is 6.49. The van der Waals surface area contributed by atoms with Crippen molar-refractivity contribution in [3.8, 4) is 0 Å². The van der Waals surface area contributed by atoms with Crippen LogP contribution in [0, 0.1) is 5.92 Å². The Balaban J connectivity index is 1.34. The van der Waals surface area contributed by atoms with Gasteiger partial charge in [-0.25, -0.2) is 4.98 Å². The first kappa shape index (κ1) is 24.9. The number of fused-ring (bicyclic) bond motifs is 1. The van der Waals surface area contributed by atoms with Crippen LogP contribution < -0.4 is 0 Å². The third-order valence-corrected chi connectivity index (χ3v) is 8.60. The Labute approximate surface area is 224 Å². The fourth-order valence-electron chi connectivity index (χ4n) is 4.57. The summed E-state index contributed by atoms with van der Waals surface area (Å²) in [6.45, 7) is 6.30. The van der Waals surface area contributed by atoms with E-state index < -0.39 is 0 Å². The van der Waals surface area contributed by atoms with Crippen LogP contribution in [-0.4, -0.2) is 10.7 Å². The maximum absolute atomic E-state index is 6.16. The second-order valence-electron chi connectivity index (χ2n) is 9.82. The molecule has 1 atom stereocenters. The summed E-state index contributed by atoms with van der Waals surface area (Å²) in [5.41, 5.74) is 8.32. The van der Waals surface area contributed by atoms with Crippen LogP contribution in [0.4, 0.5) is 0 Å². The first-order valence-electron chi connectivity index (χ1n) is 12.7. The van der Waals surface area contributed by atoms with Crippen LogP contribution in [0.3, 0.4) is 0 Å². The van der Waals surface area contributed by atoms with Gasteiger partial charge in [0.25, 0.3) is 0 Å². The number of nitrogens with zero attached hydrogens (tertiary/aromatic N) is 1. The Morgan fingerprint density at radius 1 is 1.03 bits per heavy atom. The quantitative estimate of drug-likeness (QED) is 0.211. The maximum Gasteiger partial charge on any atom is 0.0724 e. The molecule has 1 aromatic heterocycles. The number of halogens is 1. The summed E-state index contributed by atoms with van der Waals surface area (Å²) in [5, 5.41) is 2.30. The second-order valence-corrected chi connectivity index (χ2v) is 11.5. The van der Waals surface area contributed by atoms with Gasteiger partial charge in [0.2, 0.25) is 0 Å². The average Bonchev–Trinajstić information content (AvgIpc) is 3.72. The molecule has 4 aromatic rings. The summed E-state index contributed by atoms with van der Waals surface area (Å²) < 4.78 is 0. The van der Waals surface area contributed by atoms with Gasteiger partial charge in [-0.05, 0) is 90.8 Å². The molecule has 0 aliphatic heterocycles. The van der Waals surface area contributed by atoms with Crippen LogP contribution in [0.15, 0.2) is 85.4 Å². The minimum atomic E-state index is 0.484. The molecule has 5 rings (SSSR count). The lowest BCUT2D eigenvalue weighted by Gasteiger charge is -2.19. The topological polar surface area (TPSA) is 12.9 Å². The number of allylic oxidation sites excluding steroid dienone is 1. The van der Waals surface area contributed by atoms with E-state index in [1.165, 1.54) is 40.8 Å². The van der Waals surface area contributed by atoms with Crippen LogP contribution in [0.25, 0.3) is 28.6 Å². The molecule has 1 saturated carbocycles. The van der Waals surface area contributed by atoms with Gasteiger partial charge < -0.3 is 0 Å². The highest BCUT2D eigenvalue weighted by atomic mass is 35.5. The Morgan fingerprint density at radius 3 is 2.69 bits per heavy atom. The normalized spacial score (nSPS) is 14.4. The predicted molar refractivity (Wildman–Crippen MR) is 160 cm³/mol. The van der Waals surface area contributed by atoms with Crippen molar-refractivity contribution in [3.05, 3.63) is 118 Å². The molecule has 1 fully saturated rings. The molecule has 36 heavy (non-hydrogen) atoms. The molecule has 0 unspecified atom stereocenters. The SMILES string of the molecule is C=C(C)c1ccccc1CC[C@@H](SCC1CC1)c1cccc(C=Cc2ccc3ccc(Cl)cc3n2)c1. The van der Waals surface area contributed by atoms with E-state index in [0.29, 0.717) is 10.3 Å². The molecule has 182 valence electrons. The zero-order valence-corrected chi connectivity index (χ0v) is 22.4. The fraction of sp³-hybridized carbons (Fsp3) is 0.242. The lowest BCUT2D eigenvalue weighted by atomic mass is 9.96. The molecule has 1 aliphatic rings. The number of benzene rings is 3. The summed E-state index contributed by atoms with van der Waals surface area (Å²) in [4.78, 5) is 4.77. The number of pyridine rings is 1. The Bertz CT molecular complexity index is 1400. The van der Waals surface area contributed by atoms with Crippen LogP contribution >= 0.6 is 23.4 Å². The number of hydrogen-bond acceptors (Lipinski definition) is 2. The molecule has 3 aromatic carbocycles. The highest BCUT2D eigenvalue weighted by Gasteiger charge is 2.24. The van der Waals surface area contributed by atoms with Crippen molar-refractivity contribution in [1.82, 2.24) is 4.98 Å². The van der Waals surface area contributed by atoms with Crippen LogP contribution in [-0.2, 0) is 6.42 Å². The summed E-state index contributed by atoms with van der Waals surface area (Å²) in [6.07, 6.45) is 9.24. The van der Waals surface area contributed by atoms with Crippen LogP contribution in [0.5, 0.6) is 0 Å². The molecular formula is C33H32ClNS. The van der Waals surface area contributed by atoms with Crippen molar-refractivity contribution in [1.29, 1.82) is 0 Å². The summed E-state index contributed by atoms with van der Waals surface area (Å²) in [6, 6.07) is 27.7.